The van der Waals surface area contributed by atoms with E-state index in [9.17, 15) is 5.11 Å². The lowest BCUT2D eigenvalue weighted by atomic mass is 10.1. The van der Waals surface area contributed by atoms with Gasteiger partial charge < -0.3 is 10.0 Å². The van der Waals surface area contributed by atoms with Gasteiger partial charge in [0.25, 0.3) is 0 Å². The van der Waals surface area contributed by atoms with Gasteiger partial charge in [-0.05, 0) is 31.9 Å². The van der Waals surface area contributed by atoms with Crippen LogP contribution in [-0.2, 0) is 0 Å². The lowest BCUT2D eigenvalue weighted by Gasteiger charge is -2.30. The molecule has 0 amide bonds. The van der Waals surface area contributed by atoms with Crippen molar-refractivity contribution >= 4 is 5.82 Å². The minimum Gasteiger partial charge on any atom is -0.393 e. The number of aryl methyl sites for hydroxylation is 1. The quantitative estimate of drug-likeness (QED) is 0.901. The predicted octanol–water partition coefficient (Wildman–Crippen LogP) is 1.81. The maximum absolute atomic E-state index is 9.59. The summed E-state index contributed by atoms with van der Waals surface area (Å²) in [6, 6.07) is 5.91. The van der Waals surface area contributed by atoms with Crippen molar-refractivity contribution in [2.45, 2.75) is 25.9 Å². The second-order valence-corrected chi connectivity index (χ2v) is 5.11. The fourth-order valence-electron chi connectivity index (χ4n) is 2.48. The molecular weight excluding hydrogens is 252 g/mol. The van der Waals surface area contributed by atoms with Crippen molar-refractivity contribution in [2.75, 3.05) is 18.0 Å². The first kappa shape index (κ1) is 13.0. The number of piperidine rings is 1. The molecule has 5 heteroatoms. The van der Waals surface area contributed by atoms with E-state index in [0.29, 0.717) is 0 Å². The van der Waals surface area contributed by atoms with Crippen molar-refractivity contribution in [3.63, 3.8) is 0 Å². The number of hydrogen-bond donors (Lipinski definition) is 1. The van der Waals surface area contributed by atoms with Gasteiger partial charge in [0.15, 0.2) is 0 Å². The maximum Gasteiger partial charge on any atom is 0.132 e. The topological polar surface area (TPSA) is 62.1 Å². The Morgan fingerprint density at radius 2 is 1.85 bits per heavy atom. The van der Waals surface area contributed by atoms with Crippen LogP contribution in [0.25, 0.3) is 11.3 Å². The molecule has 0 spiro atoms. The highest BCUT2D eigenvalue weighted by atomic mass is 16.3. The van der Waals surface area contributed by atoms with Crippen molar-refractivity contribution in [1.29, 1.82) is 0 Å². The highest BCUT2D eigenvalue weighted by molar-refractivity contribution is 5.62. The number of anilines is 1. The fourth-order valence-corrected chi connectivity index (χ4v) is 2.48. The second kappa shape index (κ2) is 5.54. The molecule has 0 aliphatic carbocycles. The van der Waals surface area contributed by atoms with Gasteiger partial charge >= 0.3 is 0 Å². The molecular formula is C15H18N4O. The van der Waals surface area contributed by atoms with E-state index in [1.54, 1.807) is 12.4 Å². The maximum atomic E-state index is 9.59. The van der Waals surface area contributed by atoms with Crippen molar-refractivity contribution in [1.82, 2.24) is 15.0 Å². The summed E-state index contributed by atoms with van der Waals surface area (Å²) < 4.78 is 0. The Labute approximate surface area is 118 Å². The van der Waals surface area contributed by atoms with Gasteiger partial charge in [-0.1, -0.05) is 0 Å². The van der Waals surface area contributed by atoms with E-state index in [2.05, 4.69) is 19.9 Å². The molecule has 104 valence electrons. The molecule has 2 aromatic rings. The van der Waals surface area contributed by atoms with Crippen LogP contribution in [0.2, 0.25) is 0 Å². The van der Waals surface area contributed by atoms with E-state index >= 15 is 0 Å². The van der Waals surface area contributed by atoms with E-state index in [-0.39, 0.29) is 6.10 Å². The molecule has 1 N–H and O–H groups in total. The summed E-state index contributed by atoms with van der Waals surface area (Å²) in [6.45, 7) is 3.59. The Kier molecular flexibility index (Phi) is 3.60. The van der Waals surface area contributed by atoms with Crippen LogP contribution < -0.4 is 4.90 Å². The average molecular weight is 270 g/mol. The smallest absolute Gasteiger partial charge is 0.132 e. The van der Waals surface area contributed by atoms with Crippen molar-refractivity contribution < 1.29 is 5.11 Å². The van der Waals surface area contributed by atoms with E-state index in [1.807, 2.05) is 25.1 Å². The lowest BCUT2D eigenvalue weighted by molar-refractivity contribution is 0.145. The van der Waals surface area contributed by atoms with Crippen LogP contribution in [0.1, 0.15) is 18.7 Å². The Balaban J connectivity index is 1.91. The van der Waals surface area contributed by atoms with Crippen molar-refractivity contribution in [3.8, 4) is 11.3 Å². The minimum absolute atomic E-state index is 0.172. The molecule has 0 atom stereocenters. The number of pyridine rings is 1. The predicted molar refractivity (Wildman–Crippen MR) is 77.5 cm³/mol. The van der Waals surface area contributed by atoms with Gasteiger partial charge in [-0.3, -0.25) is 4.98 Å². The first-order valence-electron chi connectivity index (χ1n) is 6.91. The molecule has 3 rings (SSSR count). The third kappa shape index (κ3) is 2.77. The van der Waals surface area contributed by atoms with Gasteiger partial charge in [0.05, 0.1) is 11.8 Å². The molecule has 5 nitrogen and oxygen atoms in total. The molecule has 0 bridgehead atoms. The average Bonchev–Trinajstić information content (AvgIpc) is 2.48. The van der Waals surface area contributed by atoms with Crippen molar-refractivity contribution in [3.05, 3.63) is 36.4 Å². The van der Waals surface area contributed by atoms with Crippen LogP contribution in [0.3, 0.4) is 0 Å². The summed E-state index contributed by atoms with van der Waals surface area (Å²) in [7, 11) is 0. The summed E-state index contributed by atoms with van der Waals surface area (Å²) in [5, 5.41) is 9.59. The zero-order valence-electron chi connectivity index (χ0n) is 11.5. The molecule has 3 heterocycles. The lowest BCUT2D eigenvalue weighted by Crippen LogP contribution is -2.36. The van der Waals surface area contributed by atoms with E-state index in [1.165, 1.54) is 0 Å². The van der Waals surface area contributed by atoms with Gasteiger partial charge in [0, 0.05) is 37.1 Å². The number of nitrogens with zero attached hydrogens (tertiary/aromatic N) is 4. The molecule has 1 fully saturated rings. The van der Waals surface area contributed by atoms with Crippen LogP contribution in [0.4, 0.5) is 5.82 Å². The molecule has 0 aromatic carbocycles. The molecule has 20 heavy (non-hydrogen) atoms. The van der Waals surface area contributed by atoms with Crippen LogP contribution >= 0.6 is 0 Å². The number of aliphatic hydroxyl groups is 1. The van der Waals surface area contributed by atoms with Gasteiger partial charge in [0.1, 0.15) is 11.6 Å². The first-order chi connectivity index (χ1) is 9.72. The SMILES string of the molecule is Cc1nc(-c2ccncc2)cc(N2CCC(O)CC2)n1. The second-order valence-electron chi connectivity index (χ2n) is 5.11. The Bertz CT molecular complexity index is 580. The van der Waals surface area contributed by atoms with Crippen LogP contribution in [0, 0.1) is 6.92 Å². The van der Waals surface area contributed by atoms with Crippen molar-refractivity contribution in [2.24, 2.45) is 0 Å². The van der Waals surface area contributed by atoms with Gasteiger partial charge in [-0.2, -0.15) is 0 Å². The Hall–Kier alpha value is -2.01. The molecule has 1 aliphatic rings. The van der Waals surface area contributed by atoms with Gasteiger partial charge in [-0.15, -0.1) is 0 Å². The summed E-state index contributed by atoms with van der Waals surface area (Å²) in [5.41, 5.74) is 1.96. The van der Waals surface area contributed by atoms with Gasteiger partial charge in [0.2, 0.25) is 0 Å². The number of hydrogen-bond acceptors (Lipinski definition) is 5. The molecule has 1 saturated heterocycles. The Morgan fingerprint density at radius 3 is 2.55 bits per heavy atom. The zero-order chi connectivity index (χ0) is 13.9. The van der Waals surface area contributed by atoms with E-state index < -0.39 is 0 Å². The summed E-state index contributed by atoms with van der Waals surface area (Å²) in [6.07, 6.45) is 4.96. The molecule has 0 radical (unpaired) electrons. The van der Waals surface area contributed by atoms with Crippen LogP contribution in [0.15, 0.2) is 30.6 Å². The molecule has 1 aliphatic heterocycles. The standard InChI is InChI=1S/C15H18N4O/c1-11-17-14(12-2-6-16-7-3-12)10-15(18-11)19-8-4-13(20)5-9-19/h2-3,6-7,10,13,20H,4-5,8-9H2,1H3. The van der Waals surface area contributed by atoms with E-state index in [4.69, 9.17) is 0 Å². The third-order valence-electron chi connectivity index (χ3n) is 3.59. The number of aromatic nitrogens is 3. The molecule has 0 saturated carbocycles. The highest BCUT2D eigenvalue weighted by Gasteiger charge is 2.19. The van der Waals surface area contributed by atoms with Gasteiger partial charge in [-0.25, -0.2) is 9.97 Å². The zero-order valence-corrected chi connectivity index (χ0v) is 11.5. The van der Waals surface area contributed by atoms with Crippen LogP contribution in [0.5, 0.6) is 0 Å². The van der Waals surface area contributed by atoms with Crippen LogP contribution in [-0.4, -0.2) is 39.3 Å². The van der Waals surface area contributed by atoms with E-state index in [0.717, 1.165) is 48.8 Å². The normalized spacial score (nSPS) is 16.4. The summed E-state index contributed by atoms with van der Waals surface area (Å²) >= 11 is 0. The highest BCUT2D eigenvalue weighted by Crippen LogP contribution is 2.23. The summed E-state index contributed by atoms with van der Waals surface area (Å²) in [4.78, 5) is 15.3. The Morgan fingerprint density at radius 1 is 1.15 bits per heavy atom. The largest absolute Gasteiger partial charge is 0.393 e. The molecule has 0 unspecified atom stereocenters. The number of aliphatic hydroxyl groups excluding tert-OH is 1. The minimum atomic E-state index is -0.172. The first-order valence-corrected chi connectivity index (χ1v) is 6.91. The fraction of sp³-hybridized carbons (Fsp3) is 0.400. The monoisotopic (exact) mass is 270 g/mol. The molecule has 2 aromatic heterocycles. The number of rotatable bonds is 2. The third-order valence-corrected chi connectivity index (χ3v) is 3.59. The summed E-state index contributed by atoms with van der Waals surface area (Å²) in [5.74, 6) is 1.71.